The van der Waals surface area contributed by atoms with Gasteiger partial charge in [-0.1, -0.05) is 12.1 Å². The number of nitrogens with zero attached hydrogens (tertiary/aromatic N) is 2. The molecular formula is C16H18N2O3S. The minimum Gasteiger partial charge on any atom is -0.394 e. The molecule has 1 amide bonds. The van der Waals surface area contributed by atoms with Gasteiger partial charge in [-0.3, -0.25) is 4.79 Å². The lowest BCUT2D eigenvalue weighted by Crippen LogP contribution is -2.51. The Kier molecular flexibility index (Phi) is 4.52. The van der Waals surface area contributed by atoms with Gasteiger partial charge in [0.05, 0.1) is 35.6 Å². The van der Waals surface area contributed by atoms with Gasteiger partial charge >= 0.3 is 0 Å². The van der Waals surface area contributed by atoms with Gasteiger partial charge in [-0.15, -0.1) is 11.3 Å². The molecule has 1 N–H and O–H groups in total. The van der Waals surface area contributed by atoms with Crippen LogP contribution in [0.25, 0.3) is 16.3 Å². The highest BCUT2D eigenvalue weighted by atomic mass is 32.1. The number of rotatable bonds is 3. The van der Waals surface area contributed by atoms with E-state index < -0.39 is 0 Å². The average Bonchev–Trinajstić information content (AvgIpc) is 2.96. The number of hydrogen-bond acceptors (Lipinski definition) is 5. The molecule has 116 valence electrons. The number of carbonyl (C=O) groups is 1. The molecule has 1 aromatic carbocycles. The highest BCUT2D eigenvalue weighted by Gasteiger charge is 2.28. The zero-order chi connectivity index (χ0) is 15.5. The molecule has 1 fully saturated rings. The van der Waals surface area contributed by atoms with E-state index in [2.05, 4.69) is 4.98 Å². The smallest absolute Gasteiger partial charge is 0.247 e. The van der Waals surface area contributed by atoms with Crippen LogP contribution in [0.3, 0.4) is 0 Å². The molecule has 0 aliphatic carbocycles. The van der Waals surface area contributed by atoms with Crippen molar-refractivity contribution in [3.05, 3.63) is 35.3 Å². The summed E-state index contributed by atoms with van der Waals surface area (Å²) in [6.45, 7) is 2.74. The standard InChI is InChI=1S/C16H18N2O3S/c1-11-10-21-12(9-19)8-18(11)16(20)7-6-15-17-13-4-2-3-5-14(13)22-15/h2-7,11-12,19H,8-10H2,1H3/b7-6+. The first kappa shape index (κ1) is 15.1. The van der Waals surface area contributed by atoms with Crippen molar-refractivity contribution in [1.29, 1.82) is 0 Å². The second-order valence-electron chi connectivity index (χ2n) is 5.33. The maximum absolute atomic E-state index is 12.3. The molecule has 22 heavy (non-hydrogen) atoms. The van der Waals surface area contributed by atoms with E-state index in [0.29, 0.717) is 13.2 Å². The number of aliphatic hydroxyl groups excluding tert-OH is 1. The van der Waals surface area contributed by atoms with E-state index in [4.69, 9.17) is 4.74 Å². The van der Waals surface area contributed by atoms with Crippen LogP contribution in [-0.4, -0.2) is 52.8 Å². The molecule has 2 unspecified atom stereocenters. The molecule has 0 saturated carbocycles. The molecule has 1 aliphatic rings. The van der Waals surface area contributed by atoms with Crippen LogP contribution in [0.1, 0.15) is 11.9 Å². The molecule has 0 bridgehead atoms. The molecular weight excluding hydrogens is 300 g/mol. The summed E-state index contributed by atoms with van der Waals surface area (Å²) in [5.74, 6) is -0.0755. The lowest BCUT2D eigenvalue weighted by Gasteiger charge is -2.36. The number of para-hydroxylation sites is 1. The number of aromatic nitrogens is 1. The molecule has 2 heterocycles. The van der Waals surface area contributed by atoms with Crippen LogP contribution in [-0.2, 0) is 9.53 Å². The SMILES string of the molecule is CC1COC(CO)CN1C(=O)/C=C/c1nc2ccccc2s1. The molecule has 1 saturated heterocycles. The highest BCUT2D eigenvalue weighted by Crippen LogP contribution is 2.22. The molecule has 6 heteroatoms. The average molecular weight is 318 g/mol. The van der Waals surface area contributed by atoms with Gasteiger partial charge < -0.3 is 14.7 Å². The summed E-state index contributed by atoms with van der Waals surface area (Å²) in [7, 11) is 0. The van der Waals surface area contributed by atoms with Crippen LogP contribution in [0.4, 0.5) is 0 Å². The van der Waals surface area contributed by atoms with Crippen LogP contribution in [0.2, 0.25) is 0 Å². The Balaban J connectivity index is 1.72. The predicted molar refractivity (Wildman–Crippen MR) is 86.7 cm³/mol. The van der Waals surface area contributed by atoms with Crippen molar-refractivity contribution in [3.63, 3.8) is 0 Å². The topological polar surface area (TPSA) is 62.7 Å². The number of benzene rings is 1. The van der Waals surface area contributed by atoms with Crippen LogP contribution >= 0.6 is 11.3 Å². The lowest BCUT2D eigenvalue weighted by molar-refractivity contribution is -0.140. The van der Waals surface area contributed by atoms with Crippen molar-refractivity contribution in [2.45, 2.75) is 19.1 Å². The van der Waals surface area contributed by atoms with Gasteiger partial charge in [0.2, 0.25) is 5.91 Å². The molecule has 1 aromatic heterocycles. The second-order valence-corrected chi connectivity index (χ2v) is 6.39. The summed E-state index contributed by atoms with van der Waals surface area (Å²) in [4.78, 5) is 18.5. The maximum atomic E-state index is 12.3. The minimum atomic E-state index is -0.295. The lowest BCUT2D eigenvalue weighted by atomic mass is 10.2. The number of ether oxygens (including phenoxy) is 1. The summed E-state index contributed by atoms with van der Waals surface area (Å²) in [5, 5.41) is 9.99. The van der Waals surface area contributed by atoms with Gasteiger partial charge in [0.1, 0.15) is 5.01 Å². The van der Waals surface area contributed by atoms with Gasteiger partial charge in [0.15, 0.2) is 0 Å². The third-order valence-corrected chi connectivity index (χ3v) is 4.67. The van der Waals surface area contributed by atoms with Gasteiger partial charge in [-0.2, -0.15) is 0 Å². The Morgan fingerprint density at radius 2 is 2.36 bits per heavy atom. The van der Waals surface area contributed by atoms with Crippen molar-refractivity contribution in [1.82, 2.24) is 9.88 Å². The van der Waals surface area contributed by atoms with Crippen molar-refractivity contribution >= 4 is 33.5 Å². The number of hydrogen-bond donors (Lipinski definition) is 1. The normalized spacial score (nSPS) is 22.5. The van der Waals surface area contributed by atoms with Crippen LogP contribution < -0.4 is 0 Å². The number of morpholine rings is 1. The third kappa shape index (κ3) is 3.19. The summed E-state index contributed by atoms with van der Waals surface area (Å²) < 4.78 is 6.55. The fraction of sp³-hybridized carbons (Fsp3) is 0.375. The monoisotopic (exact) mass is 318 g/mol. The van der Waals surface area contributed by atoms with Crippen molar-refractivity contribution in [2.75, 3.05) is 19.8 Å². The highest BCUT2D eigenvalue weighted by molar-refractivity contribution is 7.19. The first-order chi connectivity index (χ1) is 10.7. The molecule has 2 atom stereocenters. The summed E-state index contributed by atoms with van der Waals surface area (Å²) in [6.07, 6.45) is 3.01. The summed E-state index contributed by atoms with van der Waals surface area (Å²) in [6, 6.07) is 7.91. The Morgan fingerprint density at radius 1 is 1.55 bits per heavy atom. The van der Waals surface area contributed by atoms with E-state index in [1.54, 1.807) is 28.4 Å². The van der Waals surface area contributed by atoms with E-state index >= 15 is 0 Å². The molecule has 0 spiro atoms. The largest absolute Gasteiger partial charge is 0.394 e. The van der Waals surface area contributed by atoms with Crippen LogP contribution in [0.5, 0.6) is 0 Å². The molecule has 1 aliphatic heterocycles. The van der Waals surface area contributed by atoms with E-state index in [9.17, 15) is 9.90 Å². The quantitative estimate of drug-likeness (QED) is 0.878. The van der Waals surface area contributed by atoms with E-state index in [1.165, 1.54) is 0 Å². The zero-order valence-electron chi connectivity index (χ0n) is 12.3. The van der Waals surface area contributed by atoms with Gasteiger partial charge in [-0.25, -0.2) is 4.98 Å². The molecule has 3 rings (SSSR count). The summed E-state index contributed by atoms with van der Waals surface area (Å²) in [5.41, 5.74) is 0.944. The minimum absolute atomic E-state index is 0.00955. The maximum Gasteiger partial charge on any atom is 0.247 e. The fourth-order valence-corrected chi connectivity index (χ4v) is 3.30. The fourth-order valence-electron chi connectivity index (χ4n) is 2.43. The number of carbonyl (C=O) groups excluding carboxylic acids is 1. The van der Waals surface area contributed by atoms with Crippen LogP contribution in [0, 0.1) is 0 Å². The summed E-state index contributed by atoms with van der Waals surface area (Å²) >= 11 is 1.56. The van der Waals surface area contributed by atoms with Gasteiger partial charge in [-0.05, 0) is 25.1 Å². The van der Waals surface area contributed by atoms with Crippen LogP contribution in [0.15, 0.2) is 30.3 Å². The molecule has 5 nitrogen and oxygen atoms in total. The number of amides is 1. The Bertz CT molecular complexity index is 665. The molecule has 2 aromatic rings. The first-order valence-electron chi connectivity index (χ1n) is 7.24. The third-order valence-electron chi connectivity index (χ3n) is 3.67. The first-order valence-corrected chi connectivity index (χ1v) is 8.05. The molecule has 0 radical (unpaired) electrons. The van der Waals surface area contributed by atoms with E-state index in [-0.39, 0.29) is 24.7 Å². The van der Waals surface area contributed by atoms with Crippen molar-refractivity contribution in [3.8, 4) is 0 Å². The van der Waals surface area contributed by atoms with E-state index in [0.717, 1.165) is 15.2 Å². The van der Waals surface area contributed by atoms with Crippen molar-refractivity contribution < 1.29 is 14.6 Å². The van der Waals surface area contributed by atoms with Gasteiger partial charge in [0.25, 0.3) is 0 Å². The van der Waals surface area contributed by atoms with E-state index in [1.807, 2.05) is 31.2 Å². The van der Waals surface area contributed by atoms with Crippen molar-refractivity contribution in [2.24, 2.45) is 0 Å². The predicted octanol–water partition coefficient (Wildman–Crippen LogP) is 1.92. The van der Waals surface area contributed by atoms with Gasteiger partial charge in [0, 0.05) is 12.6 Å². The Morgan fingerprint density at radius 3 is 3.14 bits per heavy atom. The Labute approximate surface area is 132 Å². The number of aliphatic hydroxyl groups is 1. The Hall–Kier alpha value is -1.76. The number of fused-ring (bicyclic) bond motifs is 1. The number of thiazole rings is 1. The zero-order valence-corrected chi connectivity index (χ0v) is 13.1. The second kappa shape index (κ2) is 6.56.